The van der Waals surface area contributed by atoms with Crippen LogP contribution in [-0.4, -0.2) is 57.5 Å². The molecule has 2 saturated heterocycles. The van der Waals surface area contributed by atoms with Crippen LogP contribution in [0.4, 0.5) is 0 Å². The fourth-order valence-corrected chi connectivity index (χ4v) is 5.14. The van der Waals surface area contributed by atoms with Gasteiger partial charge < -0.3 is 15.0 Å². The van der Waals surface area contributed by atoms with E-state index in [9.17, 15) is 13.2 Å². The molecule has 0 radical (unpaired) electrons. The third kappa shape index (κ3) is 3.35. The molecule has 7 heteroatoms. The standard InChI is InChI=1S/C16H22N2O4S/c1-22-15-5-3-2-4-13(15)14-10-17-7-8-18(14)16(19)12-6-9-23(20,21)11-12/h2-5,12,14,17H,6-11H2,1H3. The number of nitrogens with one attached hydrogen (secondary N) is 1. The van der Waals surface area contributed by atoms with Crippen molar-refractivity contribution in [2.75, 3.05) is 38.2 Å². The Morgan fingerprint density at radius 1 is 1.35 bits per heavy atom. The number of amides is 1. The van der Waals surface area contributed by atoms with Crippen LogP contribution in [0, 0.1) is 5.92 Å². The van der Waals surface area contributed by atoms with Crippen LogP contribution in [0.25, 0.3) is 0 Å². The number of methoxy groups -OCH3 is 1. The monoisotopic (exact) mass is 338 g/mol. The summed E-state index contributed by atoms with van der Waals surface area (Å²) in [7, 11) is -1.45. The van der Waals surface area contributed by atoms with Gasteiger partial charge in [-0.1, -0.05) is 18.2 Å². The van der Waals surface area contributed by atoms with Gasteiger partial charge in [0.15, 0.2) is 9.84 Å². The summed E-state index contributed by atoms with van der Waals surface area (Å²) in [6, 6.07) is 7.54. The molecule has 0 aliphatic carbocycles. The SMILES string of the molecule is COc1ccccc1C1CNCCN1C(=O)C1CCS(=O)(=O)C1. The highest BCUT2D eigenvalue weighted by molar-refractivity contribution is 7.91. The number of piperazine rings is 1. The zero-order chi connectivity index (χ0) is 16.4. The van der Waals surface area contributed by atoms with E-state index in [-0.39, 0.29) is 23.5 Å². The molecule has 1 N–H and O–H groups in total. The van der Waals surface area contributed by atoms with Crippen molar-refractivity contribution in [2.24, 2.45) is 5.92 Å². The fourth-order valence-electron chi connectivity index (χ4n) is 3.41. The van der Waals surface area contributed by atoms with Gasteiger partial charge in [0.2, 0.25) is 5.91 Å². The molecule has 2 fully saturated rings. The number of ether oxygens (including phenoxy) is 1. The van der Waals surface area contributed by atoms with Gasteiger partial charge in [0, 0.05) is 25.2 Å². The van der Waals surface area contributed by atoms with Crippen LogP contribution in [-0.2, 0) is 14.6 Å². The first-order valence-electron chi connectivity index (χ1n) is 7.86. The van der Waals surface area contributed by atoms with E-state index in [0.717, 1.165) is 17.9 Å². The number of carbonyl (C=O) groups is 1. The van der Waals surface area contributed by atoms with Crippen LogP contribution >= 0.6 is 0 Å². The molecule has 126 valence electrons. The summed E-state index contributed by atoms with van der Waals surface area (Å²) in [5.41, 5.74) is 0.955. The Hall–Kier alpha value is -1.60. The normalized spacial score (nSPS) is 26.9. The Labute approximate surface area is 136 Å². The van der Waals surface area contributed by atoms with Crippen molar-refractivity contribution < 1.29 is 17.9 Å². The number of benzene rings is 1. The smallest absolute Gasteiger partial charge is 0.227 e. The van der Waals surface area contributed by atoms with Crippen LogP contribution < -0.4 is 10.1 Å². The highest BCUT2D eigenvalue weighted by Crippen LogP contribution is 2.32. The summed E-state index contributed by atoms with van der Waals surface area (Å²) in [4.78, 5) is 14.7. The summed E-state index contributed by atoms with van der Waals surface area (Å²) in [6.45, 7) is 1.94. The number of hydrogen-bond acceptors (Lipinski definition) is 5. The lowest BCUT2D eigenvalue weighted by atomic mass is 9.99. The average molecular weight is 338 g/mol. The van der Waals surface area contributed by atoms with Gasteiger partial charge in [0.25, 0.3) is 0 Å². The van der Waals surface area contributed by atoms with Crippen molar-refractivity contribution in [3.8, 4) is 5.75 Å². The Morgan fingerprint density at radius 3 is 2.83 bits per heavy atom. The van der Waals surface area contributed by atoms with Gasteiger partial charge in [-0.3, -0.25) is 4.79 Å². The Balaban J connectivity index is 1.86. The highest BCUT2D eigenvalue weighted by Gasteiger charge is 2.39. The minimum atomic E-state index is -3.06. The van der Waals surface area contributed by atoms with Crippen LogP contribution in [0.3, 0.4) is 0 Å². The second-order valence-corrected chi connectivity index (χ2v) is 8.32. The maximum atomic E-state index is 12.9. The van der Waals surface area contributed by atoms with Gasteiger partial charge in [0.05, 0.1) is 30.6 Å². The maximum absolute atomic E-state index is 12.9. The molecule has 0 spiro atoms. The van der Waals surface area contributed by atoms with Crippen LogP contribution in [0.1, 0.15) is 18.0 Å². The molecule has 23 heavy (non-hydrogen) atoms. The van der Waals surface area contributed by atoms with Gasteiger partial charge in [-0.15, -0.1) is 0 Å². The lowest BCUT2D eigenvalue weighted by molar-refractivity contribution is -0.138. The summed E-state index contributed by atoms with van der Waals surface area (Å²) in [5.74, 6) is 0.389. The molecule has 1 aromatic carbocycles. The molecular formula is C16H22N2O4S. The van der Waals surface area contributed by atoms with E-state index in [1.807, 2.05) is 29.2 Å². The van der Waals surface area contributed by atoms with Gasteiger partial charge in [0.1, 0.15) is 5.75 Å². The van der Waals surface area contributed by atoms with Crippen LogP contribution in [0.15, 0.2) is 24.3 Å². The molecule has 2 unspecified atom stereocenters. The van der Waals surface area contributed by atoms with E-state index in [0.29, 0.717) is 19.5 Å². The van der Waals surface area contributed by atoms with Gasteiger partial charge in [-0.2, -0.15) is 0 Å². The van der Waals surface area contributed by atoms with E-state index < -0.39 is 15.8 Å². The maximum Gasteiger partial charge on any atom is 0.227 e. The molecule has 3 rings (SSSR count). The number of nitrogens with zero attached hydrogens (tertiary/aromatic N) is 1. The first-order chi connectivity index (χ1) is 11.0. The van der Waals surface area contributed by atoms with Gasteiger partial charge in [-0.05, 0) is 12.5 Å². The predicted molar refractivity (Wildman–Crippen MR) is 87.1 cm³/mol. The quantitative estimate of drug-likeness (QED) is 0.874. The first kappa shape index (κ1) is 16.3. The molecular weight excluding hydrogens is 316 g/mol. The second-order valence-electron chi connectivity index (χ2n) is 6.09. The Bertz CT molecular complexity index is 689. The molecule has 2 aliphatic rings. The van der Waals surface area contributed by atoms with E-state index in [4.69, 9.17) is 4.74 Å². The average Bonchev–Trinajstić information content (AvgIpc) is 2.94. The summed E-state index contributed by atoms with van der Waals surface area (Å²) in [5, 5.41) is 3.31. The van der Waals surface area contributed by atoms with Crippen molar-refractivity contribution >= 4 is 15.7 Å². The molecule has 0 aromatic heterocycles. The van der Waals surface area contributed by atoms with E-state index in [2.05, 4.69) is 5.32 Å². The number of rotatable bonds is 3. The van der Waals surface area contributed by atoms with Crippen molar-refractivity contribution in [3.63, 3.8) is 0 Å². The van der Waals surface area contributed by atoms with Crippen LogP contribution in [0.5, 0.6) is 5.75 Å². The number of hydrogen-bond donors (Lipinski definition) is 1. The zero-order valence-electron chi connectivity index (χ0n) is 13.2. The summed E-state index contributed by atoms with van der Waals surface area (Å²) in [6.07, 6.45) is 0.434. The third-order valence-corrected chi connectivity index (χ3v) is 6.37. The largest absolute Gasteiger partial charge is 0.496 e. The highest BCUT2D eigenvalue weighted by atomic mass is 32.2. The van der Waals surface area contributed by atoms with Crippen LogP contribution in [0.2, 0.25) is 0 Å². The van der Waals surface area contributed by atoms with E-state index in [1.165, 1.54) is 0 Å². The molecule has 1 amide bonds. The topological polar surface area (TPSA) is 75.7 Å². The molecule has 6 nitrogen and oxygen atoms in total. The summed E-state index contributed by atoms with van der Waals surface area (Å²) < 4.78 is 28.8. The predicted octanol–water partition coefficient (Wildman–Crippen LogP) is 0.603. The number of para-hydroxylation sites is 1. The van der Waals surface area contributed by atoms with Crippen molar-refractivity contribution in [3.05, 3.63) is 29.8 Å². The lowest BCUT2D eigenvalue weighted by Crippen LogP contribution is -2.50. The third-order valence-electron chi connectivity index (χ3n) is 4.61. The molecule has 0 bridgehead atoms. The molecule has 2 atom stereocenters. The van der Waals surface area contributed by atoms with Gasteiger partial charge in [-0.25, -0.2) is 8.42 Å². The number of sulfone groups is 1. The van der Waals surface area contributed by atoms with Crippen molar-refractivity contribution in [2.45, 2.75) is 12.5 Å². The van der Waals surface area contributed by atoms with E-state index >= 15 is 0 Å². The lowest BCUT2D eigenvalue weighted by Gasteiger charge is -2.38. The molecule has 1 aromatic rings. The first-order valence-corrected chi connectivity index (χ1v) is 9.68. The summed E-state index contributed by atoms with van der Waals surface area (Å²) >= 11 is 0. The zero-order valence-corrected chi connectivity index (χ0v) is 14.0. The molecule has 0 saturated carbocycles. The van der Waals surface area contributed by atoms with Crippen molar-refractivity contribution in [1.29, 1.82) is 0 Å². The Morgan fingerprint density at radius 2 is 2.13 bits per heavy atom. The van der Waals surface area contributed by atoms with E-state index in [1.54, 1.807) is 7.11 Å². The fraction of sp³-hybridized carbons (Fsp3) is 0.562. The number of carbonyl (C=O) groups excluding carboxylic acids is 1. The minimum Gasteiger partial charge on any atom is -0.496 e. The van der Waals surface area contributed by atoms with Crippen molar-refractivity contribution in [1.82, 2.24) is 10.2 Å². The molecule has 2 aliphatic heterocycles. The molecule has 2 heterocycles. The Kier molecular flexibility index (Phi) is 4.59. The van der Waals surface area contributed by atoms with Gasteiger partial charge >= 0.3 is 0 Å². The second kappa shape index (κ2) is 6.49. The minimum absolute atomic E-state index is 0.0194.